The van der Waals surface area contributed by atoms with Crippen LogP contribution in [0, 0.1) is 5.92 Å². The average molecular weight is 239 g/mol. The van der Waals surface area contributed by atoms with E-state index >= 15 is 0 Å². The molecule has 17 heavy (non-hydrogen) atoms. The van der Waals surface area contributed by atoms with E-state index in [1.54, 1.807) is 0 Å². The maximum absolute atomic E-state index is 6.11. The van der Waals surface area contributed by atoms with Crippen molar-refractivity contribution in [3.8, 4) is 0 Å². The van der Waals surface area contributed by atoms with Crippen molar-refractivity contribution < 1.29 is 4.74 Å². The quantitative estimate of drug-likeness (QED) is 0.810. The van der Waals surface area contributed by atoms with E-state index in [2.05, 4.69) is 33.0 Å². The first-order chi connectivity index (χ1) is 7.89. The summed E-state index contributed by atoms with van der Waals surface area (Å²) in [7, 11) is 0. The van der Waals surface area contributed by atoms with Gasteiger partial charge < -0.3 is 10.1 Å². The third kappa shape index (κ3) is 3.45. The van der Waals surface area contributed by atoms with Gasteiger partial charge >= 0.3 is 0 Å². The van der Waals surface area contributed by atoms with E-state index in [0.717, 1.165) is 18.9 Å². The molecule has 0 amide bonds. The molecule has 2 heteroatoms. The minimum absolute atomic E-state index is 0.0147. The predicted molar refractivity (Wildman–Crippen MR) is 72.2 cm³/mol. The Kier molecular flexibility index (Phi) is 3.84. The Balaban J connectivity index is 1.75. The molecule has 2 nitrogen and oxygen atoms in total. The predicted octanol–water partition coefficient (Wildman–Crippen LogP) is 3.50. The van der Waals surface area contributed by atoms with E-state index < -0.39 is 0 Å². The Hall–Kier alpha value is -0.0800. The summed E-state index contributed by atoms with van der Waals surface area (Å²) in [6.45, 7) is 10.0. The van der Waals surface area contributed by atoms with E-state index in [1.165, 1.54) is 32.1 Å². The SMILES string of the molecule is CC1(C)CC(NCCC2CCCC2)C(C)(C)O1. The lowest BCUT2D eigenvalue weighted by atomic mass is 9.94. The van der Waals surface area contributed by atoms with Gasteiger partial charge in [-0.15, -0.1) is 0 Å². The van der Waals surface area contributed by atoms with Gasteiger partial charge in [-0.05, 0) is 53.0 Å². The normalized spacial score (nSPS) is 32.1. The highest BCUT2D eigenvalue weighted by Gasteiger charge is 2.45. The molecular weight excluding hydrogens is 210 g/mol. The van der Waals surface area contributed by atoms with Crippen LogP contribution in [0.3, 0.4) is 0 Å². The third-order valence-corrected chi connectivity index (χ3v) is 4.49. The smallest absolute Gasteiger partial charge is 0.0787 e. The van der Waals surface area contributed by atoms with Gasteiger partial charge in [0.1, 0.15) is 0 Å². The summed E-state index contributed by atoms with van der Waals surface area (Å²) in [5, 5.41) is 3.73. The second-order valence-electron chi connectivity index (χ2n) is 7.12. The summed E-state index contributed by atoms with van der Waals surface area (Å²) in [5.74, 6) is 0.987. The summed E-state index contributed by atoms with van der Waals surface area (Å²) in [6.07, 6.45) is 8.30. The highest BCUT2D eigenvalue weighted by Crippen LogP contribution is 2.37. The maximum atomic E-state index is 6.11. The molecule has 2 rings (SSSR count). The lowest BCUT2D eigenvalue weighted by Gasteiger charge is -2.28. The van der Waals surface area contributed by atoms with Crippen LogP contribution in [0.2, 0.25) is 0 Å². The van der Waals surface area contributed by atoms with E-state index in [0.29, 0.717) is 6.04 Å². The van der Waals surface area contributed by atoms with Crippen LogP contribution in [-0.4, -0.2) is 23.8 Å². The standard InChI is InChI=1S/C15H29NO/c1-14(2)11-13(15(3,4)17-14)16-10-9-12-7-5-6-8-12/h12-13,16H,5-11H2,1-4H3. The molecule has 2 fully saturated rings. The van der Waals surface area contributed by atoms with Crippen LogP contribution in [0.5, 0.6) is 0 Å². The second-order valence-corrected chi connectivity index (χ2v) is 7.12. The zero-order valence-electron chi connectivity index (χ0n) is 12.0. The number of hydrogen-bond acceptors (Lipinski definition) is 2. The molecule has 0 radical (unpaired) electrons. The lowest BCUT2D eigenvalue weighted by Crippen LogP contribution is -2.43. The van der Waals surface area contributed by atoms with Gasteiger partial charge in [0.2, 0.25) is 0 Å². The van der Waals surface area contributed by atoms with Crippen LogP contribution in [-0.2, 0) is 4.74 Å². The van der Waals surface area contributed by atoms with Crippen molar-refractivity contribution in [2.75, 3.05) is 6.54 Å². The molecule has 1 N–H and O–H groups in total. The first-order valence-corrected chi connectivity index (χ1v) is 7.33. The number of nitrogens with one attached hydrogen (secondary N) is 1. The molecule has 0 aromatic heterocycles. The Bertz CT molecular complexity index is 254. The van der Waals surface area contributed by atoms with Crippen LogP contribution in [0.1, 0.15) is 66.2 Å². The van der Waals surface area contributed by atoms with Gasteiger partial charge in [0.15, 0.2) is 0 Å². The Morgan fingerprint density at radius 3 is 2.29 bits per heavy atom. The summed E-state index contributed by atoms with van der Waals surface area (Å²) >= 11 is 0. The van der Waals surface area contributed by atoms with Crippen LogP contribution in [0.25, 0.3) is 0 Å². The molecule has 0 aromatic rings. The fraction of sp³-hybridized carbons (Fsp3) is 1.00. The summed E-state index contributed by atoms with van der Waals surface area (Å²) in [6, 6.07) is 0.513. The minimum atomic E-state index is -0.0147. The lowest BCUT2D eigenvalue weighted by molar-refractivity contribution is -0.0698. The van der Waals surface area contributed by atoms with E-state index in [9.17, 15) is 0 Å². The molecule has 1 unspecified atom stereocenters. The van der Waals surface area contributed by atoms with Gasteiger partial charge in [-0.25, -0.2) is 0 Å². The van der Waals surface area contributed by atoms with Gasteiger partial charge in [-0.2, -0.15) is 0 Å². The van der Waals surface area contributed by atoms with Crippen LogP contribution >= 0.6 is 0 Å². The molecule has 2 aliphatic rings. The van der Waals surface area contributed by atoms with Crippen molar-refractivity contribution in [2.24, 2.45) is 5.92 Å². The first kappa shape index (κ1) is 13.4. The highest BCUT2D eigenvalue weighted by molar-refractivity contribution is 4.98. The fourth-order valence-corrected chi connectivity index (χ4v) is 3.64. The first-order valence-electron chi connectivity index (χ1n) is 7.33. The van der Waals surface area contributed by atoms with E-state index in [1.807, 2.05) is 0 Å². The van der Waals surface area contributed by atoms with Crippen LogP contribution in [0.15, 0.2) is 0 Å². The molecule has 1 aliphatic carbocycles. The van der Waals surface area contributed by atoms with Crippen molar-refractivity contribution in [3.63, 3.8) is 0 Å². The van der Waals surface area contributed by atoms with Gasteiger partial charge in [-0.3, -0.25) is 0 Å². The Morgan fingerprint density at radius 2 is 1.76 bits per heavy atom. The summed E-state index contributed by atoms with van der Waals surface area (Å²) in [4.78, 5) is 0. The molecule has 100 valence electrons. The number of rotatable bonds is 4. The minimum Gasteiger partial charge on any atom is -0.368 e. The Morgan fingerprint density at radius 1 is 1.12 bits per heavy atom. The molecule has 1 saturated heterocycles. The molecule has 0 spiro atoms. The molecular formula is C15H29NO. The number of ether oxygens (including phenoxy) is 1. The monoisotopic (exact) mass is 239 g/mol. The number of hydrogen-bond donors (Lipinski definition) is 1. The zero-order chi connectivity index (χ0) is 12.5. The topological polar surface area (TPSA) is 21.3 Å². The largest absolute Gasteiger partial charge is 0.368 e. The molecule has 0 bridgehead atoms. The maximum Gasteiger partial charge on any atom is 0.0787 e. The van der Waals surface area contributed by atoms with Gasteiger partial charge in [0.05, 0.1) is 11.2 Å². The van der Waals surface area contributed by atoms with Crippen LogP contribution < -0.4 is 5.32 Å². The van der Waals surface area contributed by atoms with Crippen molar-refractivity contribution >= 4 is 0 Å². The average Bonchev–Trinajstić information content (AvgIpc) is 2.72. The van der Waals surface area contributed by atoms with Crippen molar-refractivity contribution in [2.45, 2.75) is 83.5 Å². The highest BCUT2D eigenvalue weighted by atomic mass is 16.5. The van der Waals surface area contributed by atoms with E-state index in [4.69, 9.17) is 4.74 Å². The summed E-state index contributed by atoms with van der Waals surface area (Å²) in [5.41, 5.74) is 0.0215. The van der Waals surface area contributed by atoms with E-state index in [-0.39, 0.29) is 11.2 Å². The van der Waals surface area contributed by atoms with Crippen molar-refractivity contribution in [1.82, 2.24) is 5.32 Å². The van der Waals surface area contributed by atoms with Gasteiger partial charge in [0, 0.05) is 6.04 Å². The molecule has 1 atom stereocenters. The van der Waals surface area contributed by atoms with Crippen molar-refractivity contribution in [1.29, 1.82) is 0 Å². The second kappa shape index (κ2) is 4.89. The summed E-state index contributed by atoms with van der Waals surface area (Å²) < 4.78 is 6.11. The molecule has 1 saturated carbocycles. The fourth-order valence-electron chi connectivity index (χ4n) is 3.64. The molecule has 1 heterocycles. The van der Waals surface area contributed by atoms with Gasteiger partial charge in [-0.1, -0.05) is 25.7 Å². The van der Waals surface area contributed by atoms with Gasteiger partial charge in [0.25, 0.3) is 0 Å². The zero-order valence-corrected chi connectivity index (χ0v) is 12.0. The van der Waals surface area contributed by atoms with Crippen molar-refractivity contribution in [3.05, 3.63) is 0 Å². The van der Waals surface area contributed by atoms with Crippen LogP contribution in [0.4, 0.5) is 0 Å². The molecule has 1 aliphatic heterocycles. The Labute approximate surface area is 107 Å². The third-order valence-electron chi connectivity index (χ3n) is 4.49. The molecule has 0 aromatic carbocycles.